The van der Waals surface area contributed by atoms with Gasteiger partial charge in [0.2, 0.25) is 0 Å². The van der Waals surface area contributed by atoms with Crippen molar-refractivity contribution in [2.75, 3.05) is 24.2 Å². The Bertz CT molecular complexity index is 146. The zero-order valence-electron chi connectivity index (χ0n) is 9.26. The lowest BCUT2D eigenvalue weighted by molar-refractivity contribution is 0.0652. The maximum Gasteiger partial charge on any atom is 0.0469 e. The van der Waals surface area contributed by atoms with Gasteiger partial charge in [0.15, 0.2) is 0 Å². The molecule has 1 rings (SSSR count). The molecule has 1 unspecified atom stereocenters. The van der Waals surface area contributed by atoms with Gasteiger partial charge in [-0.3, -0.25) is 0 Å². The van der Waals surface area contributed by atoms with Gasteiger partial charge < -0.3 is 10.1 Å². The lowest BCUT2D eigenvalue weighted by Gasteiger charge is -2.26. The highest BCUT2D eigenvalue weighted by Gasteiger charge is 2.16. The molecule has 14 heavy (non-hydrogen) atoms. The van der Waals surface area contributed by atoms with Crippen molar-refractivity contribution in [2.24, 2.45) is 11.8 Å². The first-order valence-electron chi connectivity index (χ1n) is 5.61. The average molecular weight is 311 g/mol. The van der Waals surface area contributed by atoms with E-state index in [1.54, 1.807) is 0 Å². The summed E-state index contributed by atoms with van der Waals surface area (Å²) in [4.78, 5) is 0. The number of rotatable bonds is 5. The molecule has 0 aliphatic carbocycles. The minimum absolute atomic E-state index is 0.679. The van der Waals surface area contributed by atoms with Crippen molar-refractivity contribution in [1.29, 1.82) is 0 Å². The summed E-state index contributed by atoms with van der Waals surface area (Å²) in [5.74, 6) is 1.58. The molecule has 1 saturated heterocycles. The predicted octanol–water partition coefficient (Wildman–Crippen LogP) is 2.46. The molecule has 3 heteroatoms. The van der Waals surface area contributed by atoms with Crippen LogP contribution >= 0.6 is 22.6 Å². The van der Waals surface area contributed by atoms with Crippen LogP contribution < -0.4 is 5.32 Å². The van der Waals surface area contributed by atoms with Crippen LogP contribution in [0.25, 0.3) is 0 Å². The standard InChI is InChI=1S/C11H22INO/c1-9(2)11(7-12)13-8-10-3-5-14-6-4-10/h9-11,13H,3-8H2,1-2H3. The highest BCUT2D eigenvalue weighted by Crippen LogP contribution is 2.14. The summed E-state index contributed by atoms with van der Waals surface area (Å²) < 4.78 is 6.56. The second kappa shape index (κ2) is 7.01. The molecule has 1 fully saturated rings. The number of alkyl halides is 1. The first kappa shape index (κ1) is 12.7. The highest BCUT2D eigenvalue weighted by atomic mass is 127. The normalized spacial score (nSPS) is 21.4. The van der Waals surface area contributed by atoms with Gasteiger partial charge in [-0.2, -0.15) is 0 Å². The van der Waals surface area contributed by atoms with Crippen LogP contribution in [0.4, 0.5) is 0 Å². The zero-order chi connectivity index (χ0) is 10.4. The lowest BCUT2D eigenvalue weighted by atomic mass is 9.99. The number of hydrogen-bond acceptors (Lipinski definition) is 2. The summed E-state index contributed by atoms with van der Waals surface area (Å²) in [6.07, 6.45) is 2.47. The Hall–Kier alpha value is 0.650. The van der Waals surface area contributed by atoms with Gasteiger partial charge in [-0.05, 0) is 31.2 Å². The van der Waals surface area contributed by atoms with Crippen molar-refractivity contribution in [3.8, 4) is 0 Å². The predicted molar refractivity (Wildman–Crippen MR) is 69.1 cm³/mol. The molecule has 1 atom stereocenters. The fourth-order valence-corrected chi connectivity index (χ4v) is 3.07. The minimum Gasteiger partial charge on any atom is -0.381 e. The SMILES string of the molecule is CC(C)C(CI)NCC1CCOCC1. The third-order valence-electron chi connectivity index (χ3n) is 2.98. The van der Waals surface area contributed by atoms with Crippen LogP contribution in [-0.4, -0.2) is 30.2 Å². The topological polar surface area (TPSA) is 21.3 Å². The Morgan fingerprint density at radius 3 is 2.50 bits per heavy atom. The van der Waals surface area contributed by atoms with E-state index >= 15 is 0 Å². The van der Waals surface area contributed by atoms with Crippen molar-refractivity contribution in [3.63, 3.8) is 0 Å². The van der Waals surface area contributed by atoms with E-state index < -0.39 is 0 Å². The molecular formula is C11H22INO. The van der Waals surface area contributed by atoms with Crippen molar-refractivity contribution in [1.82, 2.24) is 5.32 Å². The second-order valence-corrected chi connectivity index (χ2v) is 5.35. The molecule has 0 amide bonds. The van der Waals surface area contributed by atoms with Gasteiger partial charge in [-0.15, -0.1) is 0 Å². The molecule has 0 aromatic rings. The minimum atomic E-state index is 0.679. The first-order valence-corrected chi connectivity index (χ1v) is 7.13. The molecular weight excluding hydrogens is 289 g/mol. The van der Waals surface area contributed by atoms with Crippen LogP contribution in [-0.2, 0) is 4.74 Å². The highest BCUT2D eigenvalue weighted by molar-refractivity contribution is 14.1. The molecule has 84 valence electrons. The molecule has 0 saturated carbocycles. The Kier molecular flexibility index (Phi) is 6.37. The van der Waals surface area contributed by atoms with E-state index in [2.05, 4.69) is 41.8 Å². The molecule has 0 aromatic carbocycles. The van der Waals surface area contributed by atoms with Crippen LogP contribution in [0.3, 0.4) is 0 Å². The maximum absolute atomic E-state index is 5.35. The van der Waals surface area contributed by atoms with Crippen molar-refractivity contribution >= 4 is 22.6 Å². The van der Waals surface area contributed by atoms with E-state index in [4.69, 9.17) is 4.74 Å². The van der Waals surface area contributed by atoms with E-state index in [9.17, 15) is 0 Å². The van der Waals surface area contributed by atoms with Crippen molar-refractivity contribution in [2.45, 2.75) is 32.7 Å². The largest absolute Gasteiger partial charge is 0.381 e. The second-order valence-electron chi connectivity index (χ2n) is 4.47. The lowest BCUT2D eigenvalue weighted by Crippen LogP contribution is -2.39. The monoisotopic (exact) mass is 311 g/mol. The first-order chi connectivity index (χ1) is 6.74. The zero-order valence-corrected chi connectivity index (χ0v) is 11.4. The van der Waals surface area contributed by atoms with Gasteiger partial charge in [-0.25, -0.2) is 0 Å². The van der Waals surface area contributed by atoms with Gasteiger partial charge in [-0.1, -0.05) is 36.4 Å². The smallest absolute Gasteiger partial charge is 0.0469 e. The van der Waals surface area contributed by atoms with Gasteiger partial charge in [0.1, 0.15) is 0 Å². The quantitative estimate of drug-likeness (QED) is 0.622. The molecule has 1 aliphatic rings. The summed E-state index contributed by atoms with van der Waals surface area (Å²) >= 11 is 2.47. The molecule has 0 bridgehead atoms. The van der Waals surface area contributed by atoms with Gasteiger partial charge >= 0.3 is 0 Å². The van der Waals surface area contributed by atoms with Gasteiger partial charge in [0.05, 0.1) is 0 Å². The van der Waals surface area contributed by atoms with Crippen LogP contribution in [0.15, 0.2) is 0 Å². The van der Waals surface area contributed by atoms with Gasteiger partial charge in [0.25, 0.3) is 0 Å². The fourth-order valence-electron chi connectivity index (χ4n) is 1.74. The molecule has 0 spiro atoms. The van der Waals surface area contributed by atoms with Crippen LogP contribution in [0.2, 0.25) is 0 Å². The summed E-state index contributed by atoms with van der Waals surface area (Å²) in [5.41, 5.74) is 0. The molecule has 0 aromatic heterocycles. The number of ether oxygens (including phenoxy) is 1. The number of nitrogens with one attached hydrogen (secondary N) is 1. The molecule has 1 N–H and O–H groups in total. The number of halogens is 1. The fraction of sp³-hybridized carbons (Fsp3) is 1.00. The Labute approximate surface area is 101 Å². The summed E-state index contributed by atoms with van der Waals surface area (Å²) in [7, 11) is 0. The molecule has 1 aliphatic heterocycles. The average Bonchev–Trinajstić information content (AvgIpc) is 2.20. The Morgan fingerprint density at radius 1 is 1.36 bits per heavy atom. The number of hydrogen-bond donors (Lipinski definition) is 1. The Balaban J connectivity index is 2.16. The van der Waals surface area contributed by atoms with E-state index in [-0.39, 0.29) is 0 Å². The van der Waals surface area contributed by atoms with E-state index in [0.29, 0.717) is 6.04 Å². The van der Waals surface area contributed by atoms with Crippen LogP contribution in [0, 0.1) is 11.8 Å². The van der Waals surface area contributed by atoms with Crippen molar-refractivity contribution in [3.05, 3.63) is 0 Å². The summed E-state index contributed by atoms with van der Waals surface area (Å²) in [6, 6.07) is 0.679. The third-order valence-corrected chi connectivity index (χ3v) is 3.93. The van der Waals surface area contributed by atoms with Crippen LogP contribution in [0.5, 0.6) is 0 Å². The molecule has 0 radical (unpaired) electrons. The maximum atomic E-state index is 5.35. The third kappa shape index (κ3) is 4.45. The summed E-state index contributed by atoms with van der Waals surface area (Å²) in [5, 5.41) is 3.68. The summed E-state index contributed by atoms with van der Waals surface area (Å²) in [6.45, 7) is 7.68. The van der Waals surface area contributed by atoms with E-state index in [0.717, 1.165) is 25.0 Å². The Morgan fingerprint density at radius 2 is 2.00 bits per heavy atom. The van der Waals surface area contributed by atoms with Crippen LogP contribution in [0.1, 0.15) is 26.7 Å². The van der Waals surface area contributed by atoms with E-state index in [1.165, 1.54) is 23.8 Å². The molecule has 2 nitrogen and oxygen atoms in total. The van der Waals surface area contributed by atoms with Crippen molar-refractivity contribution < 1.29 is 4.74 Å². The van der Waals surface area contributed by atoms with E-state index in [1.807, 2.05) is 0 Å². The molecule has 1 heterocycles. The van der Waals surface area contributed by atoms with Gasteiger partial charge in [0, 0.05) is 23.7 Å².